The first-order valence-corrected chi connectivity index (χ1v) is 7.71. The summed E-state index contributed by atoms with van der Waals surface area (Å²) in [5.74, 6) is -0.297. The molecule has 0 atom stereocenters. The van der Waals surface area contributed by atoms with Crippen LogP contribution in [0.5, 0.6) is 0 Å². The van der Waals surface area contributed by atoms with Crippen LogP contribution < -0.4 is 0 Å². The Labute approximate surface area is 130 Å². The molecule has 0 N–H and O–H groups in total. The number of amides is 1. The summed E-state index contributed by atoms with van der Waals surface area (Å²) >= 11 is 6.05. The number of ether oxygens (including phenoxy) is 1. The fourth-order valence-corrected chi connectivity index (χ4v) is 2.66. The highest BCUT2D eigenvalue weighted by molar-refractivity contribution is 6.33. The van der Waals surface area contributed by atoms with E-state index in [9.17, 15) is 9.59 Å². The highest BCUT2D eigenvalue weighted by Gasteiger charge is 2.29. The van der Waals surface area contributed by atoms with E-state index in [1.807, 2.05) is 6.92 Å². The Morgan fingerprint density at radius 1 is 1.29 bits per heavy atom. The normalized spacial score (nSPS) is 15.8. The SMILES string of the molecule is CCCOC(=O)C1CCN(C(=O)c2ccccc2Cl)CC1. The molecule has 0 bridgehead atoms. The first-order valence-electron chi connectivity index (χ1n) is 7.34. The lowest BCUT2D eigenvalue weighted by Crippen LogP contribution is -2.40. The summed E-state index contributed by atoms with van der Waals surface area (Å²) in [6, 6.07) is 7.04. The van der Waals surface area contributed by atoms with E-state index in [1.165, 1.54) is 0 Å². The Bertz CT molecular complexity index is 510. The predicted octanol–water partition coefficient (Wildman–Crippen LogP) is 3.15. The summed E-state index contributed by atoms with van der Waals surface area (Å²) in [6.07, 6.45) is 2.13. The van der Waals surface area contributed by atoms with E-state index < -0.39 is 0 Å². The first-order chi connectivity index (χ1) is 10.1. The van der Waals surface area contributed by atoms with Crippen molar-refractivity contribution in [2.24, 2.45) is 5.92 Å². The summed E-state index contributed by atoms with van der Waals surface area (Å²) in [5.41, 5.74) is 0.520. The Morgan fingerprint density at radius 3 is 2.57 bits per heavy atom. The van der Waals surface area contributed by atoms with Gasteiger partial charge in [0, 0.05) is 13.1 Å². The van der Waals surface area contributed by atoms with Crippen LogP contribution in [0.1, 0.15) is 36.5 Å². The van der Waals surface area contributed by atoms with E-state index in [0.717, 1.165) is 6.42 Å². The van der Waals surface area contributed by atoms with Crippen molar-refractivity contribution in [2.45, 2.75) is 26.2 Å². The number of esters is 1. The number of nitrogens with zero attached hydrogens (tertiary/aromatic N) is 1. The van der Waals surface area contributed by atoms with Gasteiger partial charge in [-0.05, 0) is 31.4 Å². The molecule has 21 heavy (non-hydrogen) atoms. The average Bonchev–Trinajstić information content (AvgIpc) is 2.52. The van der Waals surface area contributed by atoms with Crippen LogP contribution >= 0.6 is 11.6 Å². The van der Waals surface area contributed by atoms with Crippen molar-refractivity contribution < 1.29 is 14.3 Å². The van der Waals surface area contributed by atoms with E-state index in [4.69, 9.17) is 16.3 Å². The molecule has 0 spiro atoms. The molecule has 114 valence electrons. The highest BCUT2D eigenvalue weighted by Crippen LogP contribution is 2.23. The van der Waals surface area contributed by atoms with Crippen LogP contribution in [0.2, 0.25) is 5.02 Å². The van der Waals surface area contributed by atoms with E-state index in [2.05, 4.69) is 0 Å². The number of carbonyl (C=O) groups is 2. The van der Waals surface area contributed by atoms with Crippen molar-refractivity contribution in [3.63, 3.8) is 0 Å². The van der Waals surface area contributed by atoms with Gasteiger partial charge in [0.1, 0.15) is 0 Å². The molecule has 1 aromatic rings. The maximum atomic E-state index is 12.4. The Hall–Kier alpha value is -1.55. The van der Waals surface area contributed by atoms with Gasteiger partial charge in [0.25, 0.3) is 5.91 Å². The fourth-order valence-electron chi connectivity index (χ4n) is 2.44. The van der Waals surface area contributed by atoms with Crippen LogP contribution in [0.15, 0.2) is 24.3 Å². The number of rotatable bonds is 4. The van der Waals surface area contributed by atoms with E-state index in [1.54, 1.807) is 29.2 Å². The molecule has 1 aliphatic heterocycles. The Balaban J connectivity index is 1.91. The number of hydrogen-bond donors (Lipinski definition) is 0. The van der Waals surface area contributed by atoms with E-state index in [-0.39, 0.29) is 17.8 Å². The third kappa shape index (κ3) is 3.97. The van der Waals surface area contributed by atoms with Gasteiger partial charge < -0.3 is 9.64 Å². The lowest BCUT2D eigenvalue weighted by molar-refractivity contribution is -0.150. The third-order valence-corrected chi connectivity index (χ3v) is 4.00. The van der Waals surface area contributed by atoms with Gasteiger partial charge in [0.15, 0.2) is 0 Å². The topological polar surface area (TPSA) is 46.6 Å². The lowest BCUT2D eigenvalue weighted by atomic mass is 9.96. The summed E-state index contributed by atoms with van der Waals surface area (Å²) in [5, 5.41) is 0.465. The molecule has 5 heteroatoms. The molecule has 1 amide bonds. The van der Waals surface area contributed by atoms with Crippen LogP contribution in [-0.2, 0) is 9.53 Å². The number of carbonyl (C=O) groups excluding carboxylic acids is 2. The molecule has 1 aromatic carbocycles. The monoisotopic (exact) mass is 309 g/mol. The molecule has 1 aliphatic rings. The van der Waals surface area contributed by atoms with Crippen molar-refractivity contribution in [3.8, 4) is 0 Å². The Kier molecular flexibility index (Phi) is 5.62. The minimum atomic E-state index is -0.137. The maximum Gasteiger partial charge on any atom is 0.309 e. The molecule has 1 heterocycles. The van der Waals surface area contributed by atoms with Gasteiger partial charge in [-0.3, -0.25) is 9.59 Å². The smallest absolute Gasteiger partial charge is 0.309 e. The molecular formula is C16H20ClNO3. The van der Waals surface area contributed by atoms with Gasteiger partial charge in [-0.1, -0.05) is 30.7 Å². The van der Waals surface area contributed by atoms with Crippen LogP contribution in [-0.4, -0.2) is 36.5 Å². The van der Waals surface area contributed by atoms with Gasteiger partial charge >= 0.3 is 5.97 Å². The van der Waals surface area contributed by atoms with Crippen LogP contribution in [0, 0.1) is 5.92 Å². The number of likely N-dealkylation sites (tertiary alicyclic amines) is 1. The molecule has 0 radical (unpaired) electrons. The van der Waals surface area contributed by atoms with Gasteiger partial charge in [-0.2, -0.15) is 0 Å². The molecule has 0 saturated carbocycles. The molecule has 1 fully saturated rings. The van der Waals surface area contributed by atoms with Crippen LogP contribution in [0.4, 0.5) is 0 Å². The largest absolute Gasteiger partial charge is 0.465 e. The number of hydrogen-bond acceptors (Lipinski definition) is 3. The van der Waals surface area contributed by atoms with Gasteiger partial charge in [-0.15, -0.1) is 0 Å². The minimum Gasteiger partial charge on any atom is -0.465 e. The van der Waals surface area contributed by atoms with Crippen LogP contribution in [0.25, 0.3) is 0 Å². The first kappa shape index (κ1) is 15.8. The zero-order valence-corrected chi connectivity index (χ0v) is 12.9. The predicted molar refractivity (Wildman–Crippen MR) is 81.3 cm³/mol. The summed E-state index contributed by atoms with van der Waals surface area (Å²) in [6.45, 7) is 3.57. The summed E-state index contributed by atoms with van der Waals surface area (Å²) < 4.78 is 5.17. The van der Waals surface area contributed by atoms with E-state index >= 15 is 0 Å². The third-order valence-electron chi connectivity index (χ3n) is 3.67. The summed E-state index contributed by atoms with van der Waals surface area (Å²) in [4.78, 5) is 26.0. The maximum absolute atomic E-state index is 12.4. The summed E-state index contributed by atoms with van der Waals surface area (Å²) in [7, 11) is 0. The zero-order valence-electron chi connectivity index (χ0n) is 12.2. The zero-order chi connectivity index (χ0) is 15.2. The van der Waals surface area contributed by atoms with Crippen molar-refractivity contribution in [2.75, 3.05) is 19.7 Å². The second-order valence-corrected chi connectivity index (χ2v) is 5.62. The molecule has 1 saturated heterocycles. The van der Waals surface area contributed by atoms with Crippen LogP contribution in [0.3, 0.4) is 0 Å². The number of halogens is 1. The molecule has 2 rings (SSSR count). The van der Waals surface area contributed by atoms with Gasteiger partial charge in [-0.25, -0.2) is 0 Å². The fraction of sp³-hybridized carbons (Fsp3) is 0.500. The van der Waals surface area contributed by atoms with E-state index in [0.29, 0.717) is 43.1 Å². The van der Waals surface area contributed by atoms with Gasteiger partial charge in [0.2, 0.25) is 0 Å². The minimum absolute atomic E-state index is 0.0685. The quantitative estimate of drug-likeness (QED) is 0.803. The molecule has 0 aromatic heterocycles. The standard InChI is InChI=1S/C16H20ClNO3/c1-2-11-21-16(20)12-7-9-18(10-8-12)15(19)13-5-3-4-6-14(13)17/h3-6,12H,2,7-11H2,1H3. The lowest BCUT2D eigenvalue weighted by Gasteiger charge is -2.31. The van der Waals surface area contributed by atoms with Crippen molar-refractivity contribution in [1.82, 2.24) is 4.90 Å². The molecule has 0 aliphatic carbocycles. The van der Waals surface area contributed by atoms with Crippen molar-refractivity contribution in [3.05, 3.63) is 34.9 Å². The van der Waals surface area contributed by atoms with Gasteiger partial charge in [0.05, 0.1) is 23.1 Å². The second kappa shape index (κ2) is 7.46. The number of benzene rings is 1. The molecule has 4 nitrogen and oxygen atoms in total. The number of piperidine rings is 1. The Morgan fingerprint density at radius 2 is 1.95 bits per heavy atom. The second-order valence-electron chi connectivity index (χ2n) is 5.21. The molecular weight excluding hydrogens is 290 g/mol. The highest BCUT2D eigenvalue weighted by atomic mass is 35.5. The molecule has 0 unspecified atom stereocenters. The van der Waals surface area contributed by atoms with Crippen molar-refractivity contribution >= 4 is 23.5 Å². The van der Waals surface area contributed by atoms with Crippen molar-refractivity contribution in [1.29, 1.82) is 0 Å². The average molecular weight is 310 g/mol.